The van der Waals surface area contributed by atoms with E-state index in [4.69, 9.17) is 9.47 Å². The SMILES string of the molecule is COc1cc(C(C)=O)ccc1OCC(=O)N1CCCC2CCCCC21. The molecule has 0 radical (unpaired) electrons. The Labute approximate surface area is 149 Å². The van der Waals surface area contributed by atoms with Gasteiger partial charge >= 0.3 is 0 Å². The number of methoxy groups -OCH3 is 1. The van der Waals surface area contributed by atoms with Gasteiger partial charge in [-0.25, -0.2) is 0 Å². The molecule has 0 bridgehead atoms. The Morgan fingerprint density at radius 1 is 1.12 bits per heavy atom. The van der Waals surface area contributed by atoms with E-state index in [1.165, 1.54) is 39.7 Å². The Kier molecular flexibility index (Phi) is 5.61. The maximum absolute atomic E-state index is 12.7. The van der Waals surface area contributed by atoms with Crippen LogP contribution in [0.1, 0.15) is 55.8 Å². The first kappa shape index (κ1) is 17.8. The number of amides is 1. The van der Waals surface area contributed by atoms with Gasteiger partial charge in [0.15, 0.2) is 23.9 Å². The first-order valence-corrected chi connectivity index (χ1v) is 9.21. The third kappa shape index (κ3) is 3.97. The van der Waals surface area contributed by atoms with E-state index in [-0.39, 0.29) is 18.3 Å². The Morgan fingerprint density at radius 2 is 1.88 bits per heavy atom. The summed E-state index contributed by atoms with van der Waals surface area (Å²) in [5.41, 5.74) is 0.566. The highest BCUT2D eigenvalue weighted by molar-refractivity contribution is 5.94. The van der Waals surface area contributed by atoms with Crippen LogP contribution in [-0.4, -0.2) is 42.9 Å². The zero-order valence-electron chi connectivity index (χ0n) is 15.1. The lowest BCUT2D eigenvalue weighted by Gasteiger charge is -2.44. The number of ether oxygens (including phenoxy) is 2. The third-order valence-corrected chi connectivity index (χ3v) is 5.48. The number of carbonyl (C=O) groups is 2. The molecule has 136 valence electrons. The van der Waals surface area contributed by atoms with Crippen LogP contribution in [0.4, 0.5) is 0 Å². The van der Waals surface area contributed by atoms with E-state index in [1.54, 1.807) is 18.2 Å². The summed E-state index contributed by atoms with van der Waals surface area (Å²) < 4.78 is 11.0. The average Bonchev–Trinajstić information content (AvgIpc) is 2.65. The van der Waals surface area contributed by atoms with Crippen molar-refractivity contribution in [3.8, 4) is 11.5 Å². The van der Waals surface area contributed by atoms with Crippen LogP contribution >= 0.6 is 0 Å². The second kappa shape index (κ2) is 7.89. The molecule has 2 fully saturated rings. The Morgan fingerprint density at radius 3 is 2.64 bits per heavy atom. The summed E-state index contributed by atoms with van der Waals surface area (Å²) >= 11 is 0. The van der Waals surface area contributed by atoms with Crippen LogP contribution in [0.3, 0.4) is 0 Å². The van der Waals surface area contributed by atoms with Crippen molar-refractivity contribution >= 4 is 11.7 Å². The van der Waals surface area contributed by atoms with Gasteiger partial charge in [-0.2, -0.15) is 0 Å². The predicted molar refractivity (Wildman–Crippen MR) is 95.2 cm³/mol. The summed E-state index contributed by atoms with van der Waals surface area (Å²) in [4.78, 5) is 26.2. The summed E-state index contributed by atoms with van der Waals surface area (Å²) in [6.07, 6.45) is 7.20. The zero-order chi connectivity index (χ0) is 17.8. The predicted octanol–water partition coefficient (Wildman–Crippen LogP) is 3.46. The molecule has 1 saturated heterocycles. The van der Waals surface area contributed by atoms with E-state index in [9.17, 15) is 9.59 Å². The average molecular weight is 345 g/mol. The molecule has 1 saturated carbocycles. The summed E-state index contributed by atoms with van der Waals surface area (Å²) in [5, 5.41) is 0. The molecule has 25 heavy (non-hydrogen) atoms. The van der Waals surface area contributed by atoms with Crippen molar-refractivity contribution in [2.45, 2.75) is 51.5 Å². The Balaban J connectivity index is 1.64. The Bertz CT molecular complexity index is 641. The highest BCUT2D eigenvalue weighted by Crippen LogP contribution is 2.35. The highest BCUT2D eigenvalue weighted by atomic mass is 16.5. The van der Waals surface area contributed by atoms with Gasteiger partial charge in [0.25, 0.3) is 5.91 Å². The van der Waals surface area contributed by atoms with Gasteiger partial charge in [-0.1, -0.05) is 12.8 Å². The van der Waals surface area contributed by atoms with Crippen molar-refractivity contribution in [1.29, 1.82) is 0 Å². The maximum Gasteiger partial charge on any atom is 0.260 e. The summed E-state index contributed by atoms with van der Waals surface area (Å²) in [7, 11) is 1.53. The van der Waals surface area contributed by atoms with Crippen molar-refractivity contribution in [3.05, 3.63) is 23.8 Å². The van der Waals surface area contributed by atoms with Crippen molar-refractivity contribution in [2.75, 3.05) is 20.3 Å². The topological polar surface area (TPSA) is 55.8 Å². The summed E-state index contributed by atoms with van der Waals surface area (Å²) in [5.74, 6) is 1.66. The minimum Gasteiger partial charge on any atom is -0.493 e. The van der Waals surface area contributed by atoms with Crippen molar-refractivity contribution < 1.29 is 19.1 Å². The quantitative estimate of drug-likeness (QED) is 0.767. The molecule has 1 heterocycles. The Hall–Kier alpha value is -2.04. The van der Waals surface area contributed by atoms with Gasteiger partial charge in [-0.05, 0) is 56.7 Å². The van der Waals surface area contributed by atoms with Crippen LogP contribution in [0.25, 0.3) is 0 Å². The number of piperidine rings is 1. The lowest BCUT2D eigenvalue weighted by atomic mass is 9.78. The number of hydrogen-bond donors (Lipinski definition) is 0. The molecule has 1 aromatic rings. The van der Waals surface area contributed by atoms with Crippen molar-refractivity contribution in [1.82, 2.24) is 4.90 Å². The third-order valence-electron chi connectivity index (χ3n) is 5.48. The fourth-order valence-electron chi connectivity index (χ4n) is 4.16. The summed E-state index contributed by atoms with van der Waals surface area (Å²) in [6, 6.07) is 5.44. The fraction of sp³-hybridized carbons (Fsp3) is 0.600. The minimum absolute atomic E-state index is 0.0129. The smallest absolute Gasteiger partial charge is 0.260 e. The van der Waals surface area contributed by atoms with Crippen LogP contribution in [0, 0.1) is 5.92 Å². The summed E-state index contributed by atoms with van der Waals surface area (Å²) in [6.45, 7) is 2.36. The van der Waals surface area contributed by atoms with E-state index in [0.29, 0.717) is 29.0 Å². The number of benzene rings is 1. The molecule has 5 nitrogen and oxygen atoms in total. The van der Waals surface area contributed by atoms with Crippen LogP contribution in [0.2, 0.25) is 0 Å². The molecule has 5 heteroatoms. The molecule has 1 amide bonds. The first-order chi connectivity index (χ1) is 12.1. The van der Waals surface area contributed by atoms with E-state index < -0.39 is 0 Å². The van der Waals surface area contributed by atoms with Crippen LogP contribution in [-0.2, 0) is 4.79 Å². The van der Waals surface area contributed by atoms with E-state index >= 15 is 0 Å². The molecular weight excluding hydrogens is 318 g/mol. The fourth-order valence-corrected chi connectivity index (χ4v) is 4.16. The van der Waals surface area contributed by atoms with Gasteiger partial charge in [0.2, 0.25) is 0 Å². The lowest BCUT2D eigenvalue weighted by molar-refractivity contribution is -0.139. The first-order valence-electron chi connectivity index (χ1n) is 9.21. The molecule has 0 spiro atoms. The van der Waals surface area contributed by atoms with Gasteiger partial charge in [0, 0.05) is 18.2 Å². The molecule has 0 N–H and O–H groups in total. The molecule has 1 aliphatic heterocycles. The largest absolute Gasteiger partial charge is 0.493 e. The van der Waals surface area contributed by atoms with Crippen LogP contribution in [0.15, 0.2) is 18.2 Å². The van der Waals surface area contributed by atoms with Gasteiger partial charge in [0.1, 0.15) is 0 Å². The molecule has 3 rings (SSSR count). The van der Waals surface area contributed by atoms with E-state index in [1.807, 2.05) is 4.90 Å². The van der Waals surface area contributed by atoms with Crippen molar-refractivity contribution in [3.63, 3.8) is 0 Å². The van der Waals surface area contributed by atoms with Gasteiger partial charge in [0.05, 0.1) is 7.11 Å². The van der Waals surface area contributed by atoms with E-state index in [2.05, 4.69) is 0 Å². The zero-order valence-corrected chi connectivity index (χ0v) is 15.1. The number of likely N-dealkylation sites (tertiary alicyclic amines) is 1. The van der Waals surface area contributed by atoms with E-state index in [0.717, 1.165) is 19.4 Å². The van der Waals surface area contributed by atoms with Gasteiger partial charge < -0.3 is 14.4 Å². The molecule has 1 aliphatic carbocycles. The van der Waals surface area contributed by atoms with Crippen LogP contribution < -0.4 is 9.47 Å². The number of fused-ring (bicyclic) bond motifs is 1. The van der Waals surface area contributed by atoms with Crippen LogP contribution in [0.5, 0.6) is 11.5 Å². The molecule has 2 atom stereocenters. The molecule has 0 aromatic heterocycles. The second-order valence-corrected chi connectivity index (χ2v) is 7.05. The molecule has 1 aromatic carbocycles. The second-order valence-electron chi connectivity index (χ2n) is 7.05. The number of hydrogen-bond acceptors (Lipinski definition) is 4. The van der Waals surface area contributed by atoms with Crippen molar-refractivity contribution in [2.24, 2.45) is 5.92 Å². The molecular formula is C20H27NO4. The standard InChI is InChI=1S/C20H27NO4/c1-14(22)16-9-10-18(19(12-16)24-2)25-13-20(23)21-11-5-7-15-6-3-4-8-17(15)21/h9-10,12,15,17H,3-8,11,13H2,1-2H3. The van der Waals surface area contributed by atoms with Gasteiger partial charge in [-0.15, -0.1) is 0 Å². The monoisotopic (exact) mass is 345 g/mol. The number of rotatable bonds is 5. The molecule has 2 unspecified atom stereocenters. The number of carbonyl (C=O) groups excluding carboxylic acids is 2. The molecule has 2 aliphatic rings. The maximum atomic E-state index is 12.7. The minimum atomic E-state index is -0.0300. The highest BCUT2D eigenvalue weighted by Gasteiger charge is 2.35. The number of ketones is 1. The van der Waals surface area contributed by atoms with Gasteiger partial charge in [-0.3, -0.25) is 9.59 Å². The lowest BCUT2D eigenvalue weighted by Crippen LogP contribution is -2.51. The normalized spacial score (nSPS) is 22.9. The number of Topliss-reactive ketones (excluding diaryl/α,β-unsaturated/α-hetero) is 1. The number of nitrogens with zero attached hydrogens (tertiary/aromatic N) is 1.